The molecule has 0 atom stereocenters. The second kappa shape index (κ2) is 6.85. The molecule has 1 heterocycles. The summed E-state index contributed by atoms with van der Waals surface area (Å²) in [5.41, 5.74) is 1.79. The molecule has 5 heteroatoms. The smallest absolute Gasteiger partial charge is 0.227 e. The van der Waals surface area contributed by atoms with E-state index in [1.807, 2.05) is 19.9 Å². The predicted molar refractivity (Wildman–Crippen MR) is 83.2 cm³/mol. The molecule has 1 aliphatic rings. The van der Waals surface area contributed by atoms with Crippen LogP contribution in [-0.2, 0) is 11.2 Å². The Morgan fingerprint density at radius 1 is 1.38 bits per heavy atom. The highest BCUT2D eigenvalue weighted by atomic mass is 35.5. The lowest BCUT2D eigenvalue weighted by Gasteiger charge is -2.23. The van der Waals surface area contributed by atoms with E-state index in [9.17, 15) is 4.79 Å². The van der Waals surface area contributed by atoms with Gasteiger partial charge in [0.25, 0.3) is 0 Å². The van der Waals surface area contributed by atoms with Gasteiger partial charge in [0.05, 0.1) is 11.4 Å². The lowest BCUT2D eigenvalue weighted by Crippen LogP contribution is -2.33. The van der Waals surface area contributed by atoms with E-state index in [4.69, 9.17) is 21.1 Å². The van der Waals surface area contributed by atoms with Crippen LogP contribution in [0.4, 0.5) is 0 Å². The zero-order valence-corrected chi connectivity index (χ0v) is 13.2. The van der Waals surface area contributed by atoms with Gasteiger partial charge in [0.15, 0.2) is 11.5 Å². The molecule has 1 aromatic rings. The number of fused-ring (bicyclic) bond motifs is 1. The molecule has 1 aliphatic heterocycles. The topological polar surface area (TPSA) is 38.8 Å². The van der Waals surface area contributed by atoms with Crippen molar-refractivity contribution in [3.05, 3.63) is 34.9 Å². The zero-order valence-electron chi connectivity index (χ0n) is 12.4. The van der Waals surface area contributed by atoms with Crippen molar-refractivity contribution in [1.82, 2.24) is 4.90 Å². The van der Waals surface area contributed by atoms with Crippen LogP contribution in [-0.4, -0.2) is 37.1 Å². The van der Waals surface area contributed by atoms with Crippen LogP contribution in [0.25, 0.3) is 0 Å². The van der Waals surface area contributed by atoms with Gasteiger partial charge in [-0.15, -0.1) is 0 Å². The summed E-state index contributed by atoms with van der Waals surface area (Å²) in [7, 11) is 0. The molecule has 2 rings (SSSR count). The Kier molecular flexibility index (Phi) is 5.12. The second-order valence-corrected chi connectivity index (χ2v) is 5.55. The average molecular weight is 310 g/mol. The van der Waals surface area contributed by atoms with Crippen LogP contribution in [0.3, 0.4) is 0 Å². The van der Waals surface area contributed by atoms with Gasteiger partial charge in [-0.2, -0.15) is 0 Å². The fourth-order valence-electron chi connectivity index (χ4n) is 2.25. The number of rotatable bonds is 5. The predicted octanol–water partition coefficient (Wildman–Crippen LogP) is 3.08. The summed E-state index contributed by atoms with van der Waals surface area (Å²) in [6.07, 6.45) is 0.289. The Morgan fingerprint density at radius 3 is 2.76 bits per heavy atom. The van der Waals surface area contributed by atoms with Gasteiger partial charge in [0.2, 0.25) is 5.91 Å². The van der Waals surface area contributed by atoms with Gasteiger partial charge < -0.3 is 14.4 Å². The van der Waals surface area contributed by atoms with E-state index < -0.39 is 0 Å². The van der Waals surface area contributed by atoms with Crippen LogP contribution in [0.2, 0.25) is 5.02 Å². The summed E-state index contributed by atoms with van der Waals surface area (Å²) in [4.78, 5) is 14.1. The van der Waals surface area contributed by atoms with E-state index in [2.05, 4.69) is 6.58 Å². The van der Waals surface area contributed by atoms with Gasteiger partial charge in [0, 0.05) is 13.1 Å². The molecule has 21 heavy (non-hydrogen) atoms. The minimum Gasteiger partial charge on any atom is -0.486 e. The third kappa shape index (κ3) is 3.91. The van der Waals surface area contributed by atoms with Crippen LogP contribution >= 0.6 is 11.6 Å². The minimum atomic E-state index is 0.0493. The van der Waals surface area contributed by atoms with Gasteiger partial charge in [-0.3, -0.25) is 4.79 Å². The van der Waals surface area contributed by atoms with Crippen LogP contribution in [0.1, 0.15) is 19.4 Å². The quantitative estimate of drug-likeness (QED) is 0.785. The van der Waals surface area contributed by atoms with Gasteiger partial charge >= 0.3 is 0 Å². The van der Waals surface area contributed by atoms with Crippen molar-refractivity contribution >= 4 is 17.5 Å². The lowest BCUT2D eigenvalue weighted by atomic mass is 10.1. The molecule has 0 saturated heterocycles. The van der Waals surface area contributed by atoms with Crippen molar-refractivity contribution in [2.75, 3.05) is 26.3 Å². The molecule has 0 saturated carbocycles. The Labute approximate surface area is 130 Å². The average Bonchev–Trinajstić information content (AvgIpc) is 2.44. The number of hydrogen-bond donors (Lipinski definition) is 0. The molecule has 0 N–H and O–H groups in total. The second-order valence-electron chi connectivity index (χ2n) is 5.14. The molecule has 0 radical (unpaired) electrons. The van der Waals surface area contributed by atoms with Gasteiger partial charge in [-0.1, -0.05) is 23.8 Å². The summed E-state index contributed by atoms with van der Waals surface area (Å²) in [6.45, 7) is 9.95. The maximum absolute atomic E-state index is 12.3. The molecule has 0 aromatic heterocycles. The fraction of sp³-hybridized carbons (Fsp3) is 0.438. The van der Waals surface area contributed by atoms with Gasteiger partial charge in [-0.05, 0) is 31.5 Å². The third-order valence-electron chi connectivity index (χ3n) is 3.21. The first kappa shape index (κ1) is 15.7. The number of likely N-dealkylation sites (N-methyl/N-ethyl adjacent to an activating group) is 1. The summed E-state index contributed by atoms with van der Waals surface area (Å²) in [5, 5.41) is 0.484. The van der Waals surface area contributed by atoms with Crippen LogP contribution < -0.4 is 9.47 Å². The van der Waals surface area contributed by atoms with Crippen molar-refractivity contribution in [2.45, 2.75) is 20.3 Å². The van der Waals surface area contributed by atoms with Crippen molar-refractivity contribution in [3.8, 4) is 11.5 Å². The van der Waals surface area contributed by atoms with E-state index >= 15 is 0 Å². The Morgan fingerprint density at radius 2 is 2.10 bits per heavy atom. The molecular weight excluding hydrogens is 290 g/mol. The first-order chi connectivity index (χ1) is 10.0. The normalized spacial score (nSPS) is 12.9. The number of halogens is 1. The Bertz CT molecular complexity index is 557. The fourth-order valence-corrected chi connectivity index (χ4v) is 2.54. The van der Waals surface area contributed by atoms with Gasteiger partial charge in [0.1, 0.15) is 13.2 Å². The van der Waals surface area contributed by atoms with E-state index in [-0.39, 0.29) is 12.3 Å². The first-order valence-electron chi connectivity index (χ1n) is 7.01. The monoisotopic (exact) mass is 309 g/mol. The number of carbonyl (C=O) groups is 1. The molecule has 1 amide bonds. The van der Waals surface area contributed by atoms with Crippen LogP contribution in [0.5, 0.6) is 11.5 Å². The molecule has 0 fully saturated rings. The van der Waals surface area contributed by atoms with Crippen molar-refractivity contribution in [1.29, 1.82) is 0 Å². The summed E-state index contributed by atoms with van der Waals surface area (Å²) in [5.74, 6) is 1.22. The number of carbonyl (C=O) groups excluding carboxylic acids is 1. The highest BCUT2D eigenvalue weighted by Crippen LogP contribution is 2.38. The Balaban J connectivity index is 2.13. The van der Waals surface area contributed by atoms with E-state index in [0.29, 0.717) is 42.8 Å². The molecule has 114 valence electrons. The van der Waals surface area contributed by atoms with Crippen LogP contribution in [0.15, 0.2) is 24.3 Å². The SMILES string of the molecule is C=C(C)CN(CC)C(=O)Cc1cc(Cl)c2c(c1)OCCO2. The number of benzene rings is 1. The molecule has 4 nitrogen and oxygen atoms in total. The first-order valence-corrected chi connectivity index (χ1v) is 7.39. The van der Waals surface area contributed by atoms with E-state index in [1.54, 1.807) is 11.0 Å². The largest absolute Gasteiger partial charge is 0.486 e. The van der Waals surface area contributed by atoms with E-state index in [0.717, 1.165) is 11.1 Å². The van der Waals surface area contributed by atoms with Crippen molar-refractivity contribution in [2.24, 2.45) is 0 Å². The molecule has 0 bridgehead atoms. The molecular formula is C16H20ClNO3. The zero-order chi connectivity index (χ0) is 15.4. The molecule has 0 aliphatic carbocycles. The van der Waals surface area contributed by atoms with E-state index in [1.165, 1.54) is 0 Å². The number of nitrogens with zero attached hydrogens (tertiary/aromatic N) is 1. The summed E-state index contributed by atoms with van der Waals surface area (Å²) in [6, 6.07) is 3.59. The number of ether oxygens (including phenoxy) is 2. The lowest BCUT2D eigenvalue weighted by molar-refractivity contribution is -0.129. The molecule has 0 spiro atoms. The molecule has 1 aromatic carbocycles. The highest BCUT2D eigenvalue weighted by Gasteiger charge is 2.19. The summed E-state index contributed by atoms with van der Waals surface area (Å²) < 4.78 is 11.0. The summed E-state index contributed by atoms with van der Waals surface area (Å²) >= 11 is 6.18. The van der Waals surface area contributed by atoms with Gasteiger partial charge in [-0.25, -0.2) is 0 Å². The highest BCUT2D eigenvalue weighted by molar-refractivity contribution is 6.32. The number of amides is 1. The Hall–Kier alpha value is -1.68. The third-order valence-corrected chi connectivity index (χ3v) is 3.49. The van der Waals surface area contributed by atoms with Crippen molar-refractivity contribution < 1.29 is 14.3 Å². The minimum absolute atomic E-state index is 0.0493. The maximum atomic E-state index is 12.3. The molecule has 0 unspecified atom stereocenters. The standard InChI is InChI=1S/C16H20ClNO3/c1-4-18(10-11(2)3)15(19)9-12-7-13(17)16-14(8-12)20-5-6-21-16/h7-8H,2,4-6,9-10H2,1,3H3. The number of hydrogen-bond acceptors (Lipinski definition) is 3. The van der Waals surface area contributed by atoms with Crippen molar-refractivity contribution in [3.63, 3.8) is 0 Å². The maximum Gasteiger partial charge on any atom is 0.227 e. The van der Waals surface area contributed by atoms with Crippen LogP contribution in [0, 0.1) is 0 Å².